The average molecular weight is 1040 g/mol. The zero-order valence-electron chi connectivity index (χ0n) is 50.1. The second-order valence-electron chi connectivity index (χ2n) is 22.7. The molecule has 0 fully saturated rings. The van der Waals surface area contributed by atoms with E-state index in [4.69, 9.17) is 14.2 Å². The van der Waals surface area contributed by atoms with E-state index in [1.54, 1.807) is 0 Å². The maximum atomic E-state index is 12.9. The Labute approximate surface area is 462 Å². The Morgan fingerprint density at radius 2 is 0.486 bits per heavy atom. The summed E-state index contributed by atoms with van der Waals surface area (Å²) in [5.41, 5.74) is 0. The van der Waals surface area contributed by atoms with Gasteiger partial charge in [0, 0.05) is 19.3 Å². The molecule has 74 heavy (non-hydrogen) atoms. The predicted molar refractivity (Wildman–Crippen MR) is 321 cm³/mol. The zero-order valence-corrected chi connectivity index (χ0v) is 50.1. The number of carbonyl (C=O) groups is 3. The van der Waals surface area contributed by atoms with Gasteiger partial charge in [0.1, 0.15) is 13.2 Å². The van der Waals surface area contributed by atoms with Gasteiger partial charge >= 0.3 is 17.9 Å². The summed E-state index contributed by atoms with van der Waals surface area (Å²) in [7, 11) is 0. The SMILES string of the molecule is CCCCC/C=C\C/C=C\CCCCCCCCCCCC(=O)OC[C@@H](COC(=O)CCCCCCCCCCCCCCCCCCCC)OC(=O)CCCCCCCCCCCCCCCCCCCCC. The van der Waals surface area contributed by atoms with Crippen molar-refractivity contribution in [3.05, 3.63) is 24.3 Å². The summed E-state index contributed by atoms with van der Waals surface area (Å²) >= 11 is 0. The molecule has 6 nitrogen and oxygen atoms in total. The van der Waals surface area contributed by atoms with E-state index in [1.807, 2.05) is 0 Å². The first-order valence-corrected chi connectivity index (χ1v) is 33.3. The fraction of sp³-hybridized carbons (Fsp3) is 0.897. The Morgan fingerprint density at radius 1 is 0.270 bits per heavy atom. The molecular formula is C68H128O6. The van der Waals surface area contributed by atoms with Gasteiger partial charge in [0.2, 0.25) is 0 Å². The summed E-state index contributed by atoms with van der Waals surface area (Å²) in [5, 5.41) is 0. The highest BCUT2D eigenvalue weighted by Gasteiger charge is 2.19. The van der Waals surface area contributed by atoms with Gasteiger partial charge in [-0.05, 0) is 51.4 Å². The van der Waals surface area contributed by atoms with Gasteiger partial charge in [-0.3, -0.25) is 14.4 Å². The first kappa shape index (κ1) is 71.9. The van der Waals surface area contributed by atoms with Crippen LogP contribution in [0.2, 0.25) is 0 Å². The predicted octanol–water partition coefficient (Wildman–Crippen LogP) is 22.6. The number of allylic oxidation sites excluding steroid dienone is 4. The first-order chi connectivity index (χ1) is 36.5. The molecule has 0 saturated heterocycles. The molecule has 0 aliphatic rings. The third-order valence-electron chi connectivity index (χ3n) is 15.2. The van der Waals surface area contributed by atoms with E-state index in [-0.39, 0.29) is 31.1 Å². The molecule has 0 unspecified atom stereocenters. The van der Waals surface area contributed by atoms with E-state index >= 15 is 0 Å². The molecule has 1 atom stereocenters. The van der Waals surface area contributed by atoms with Crippen molar-refractivity contribution in [2.24, 2.45) is 0 Å². The van der Waals surface area contributed by atoms with Crippen LogP contribution in [-0.4, -0.2) is 37.2 Å². The van der Waals surface area contributed by atoms with E-state index in [2.05, 4.69) is 45.1 Å². The van der Waals surface area contributed by atoms with Crippen LogP contribution in [0.15, 0.2) is 24.3 Å². The van der Waals surface area contributed by atoms with Crippen LogP contribution < -0.4 is 0 Å². The summed E-state index contributed by atoms with van der Waals surface area (Å²) in [5.74, 6) is -0.838. The Morgan fingerprint density at radius 3 is 0.770 bits per heavy atom. The number of carbonyl (C=O) groups excluding carboxylic acids is 3. The summed E-state index contributed by atoms with van der Waals surface area (Å²) in [4.78, 5) is 38.4. The molecule has 0 spiro atoms. The standard InChI is InChI=1S/C68H128O6/c1-4-7-10-13-16-19-22-25-28-31-34-37-40-43-46-49-52-55-58-61-67(70)73-64-65(63-72-66(69)60-57-54-51-48-45-42-39-36-33-30-27-24-21-18-15-12-9-6-3)74-68(71)62-59-56-53-50-47-44-41-38-35-32-29-26-23-20-17-14-11-8-5-2/h16,19,25,28,65H,4-15,17-18,20-24,26-27,29-64H2,1-3H3/b19-16-,28-25-/t65-/m1/s1. The topological polar surface area (TPSA) is 78.9 Å². The highest BCUT2D eigenvalue weighted by Crippen LogP contribution is 2.18. The fourth-order valence-electron chi connectivity index (χ4n) is 10.2. The zero-order chi connectivity index (χ0) is 53.6. The lowest BCUT2D eigenvalue weighted by Gasteiger charge is -2.18. The van der Waals surface area contributed by atoms with Gasteiger partial charge in [-0.1, -0.05) is 328 Å². The minimum absolute atomic E-state index is 0.0658. The Bertz CT molecular complexity index is 1190. The fourth-order valence-corrected chi connectivity index (χ4v) is 10.2. The van der Waals surface area contributed by atoms with E-state index in [0.29, 0.717) is 19.3 Å². The molecule has 0 amide bonds. The van der Waals surface area contributed by atoms with Gasteiger partial charge in [-0.15, -0.1) is 0 Å². The minimum Gasteiger partial charge on any atom is -0.462 e. The molecule has 0 radical (unpaired) electrons. The smallest absolute Gasteiger partial charge is 0.306 e. The van der Waals surface area contributed by atoms with Crippen LogP contribution in [0.5, 0.6) is 0 Å². The minimum atomic E-state index is -0.769. The molecule has 0 bridgehead atoms. The van der Waals surface area contributed by atoms with Crippen LogP contribution in [0.25, 0.3) is 0 Å². The summed E-state index contributed by atoms with van der Waals surface area (Å²) in [6, 6.07) is 0. The molecule has 0 rings (SSSR count). The molecule has 0 aromatic rings. The van der Waals surface area contributed by atoms with Crippen molar-refractivity contribution < 1.29 is 28.6 Å². The number of hydrogen-bond donors (Lipinski definition) is 0. The van der Waals surface area contributed by atoms with Gasteiger partial charge < -0.3 is 14.2 Å². The van der Waals surface area contributed by atoms with Crippen LogP contribution in [-0.2, 0) is 28.6 Å². The van der Waals surface area contributed by atoms with E-state index in [0.717, 1.165) is 64.2 Å². The van der Waals surface area contributed by atoms with Crippen LogP contribution >= 0.6 is 0 Å². The number of esters is 3. The second-order valence-corrected chi connectivity index (χ2v) is 22.7. The number of rotatable bonds is 62. The Kier molecular flexibility index (Phi) is 61.6. The molecule has 0 aromatic heterocycles. The first-order valence-electron chi connectivity index (χ1n) is 33.3. The number of ether oxygens (including phenoxy) is 3. The maximum absolute atomic E-state index is 12.9. The van der Waals surface area contributed by atoms with Gasteiger partial charge in [-0.25, -0.2) is 0 Å². The van der Waals surface area contributed by atoms with E-state index < -0.39 is 6.10 Å². The third kappa shape index (κ3) is 60.8. The Hall–Kier alpha value is -2.11. The molecular weight excluding hydrogens is 913 g/mol. The highest BCUT2D eigenvalue weighted by molar-refractivity contribution is 5.71. The van der Waals surface area contributed by atoms with Gasteiger partial charge in [0.15, 0.2) is 6.10 Å². The van der Waals surface area contributed by atoms with Crippen LogP contribution in [0, 0.1) is 0 Å². The number of unbranched alkanes of at least 4 members (excludes halogenated alkanes) is 47. The third-order valence-corrected chi connectivity index (χ3v) is 15.2. The van der Waals surface area contributed by atoms with Crippen LogP contribution in [0.4, 0.5) is 0 Å². The van der Waals surface area contributed by atoms with Crippen molar-refractivity contribution in [2.75, 3.05) is 13.2 Å². The summed E-state index contributed by atoms with van der Waals surface area (Å²) in [6.07, 6.45) is 76.1. The molecule has 0 aromatic carbocycles. The lowest BCUT2D eigenvalue weighted by atomic mass is 10.0. The molecule has 0 heterocycles. The molecule has 0 N–H and O–H groups in total. The van der Waals surface area contributed by atoms with Crippen molar-refractivity contribution >= 4 is 17.9 Å². The van der Waals surface area contributed by atoms with Gasteiger partial charge in [-0.2, -0.15) is 0 Å². The quantitative estimate of drug-likeness (QED) is 0.0261. The normalized spacial score (nSPS) is 12.1. The van der Waals surface area contributed by atoms with Crippen molar-refractivity contribution in [1.29, 1.82) is 0 Å². The largest absolute Gasteiger partial charge is 0.462 e. The van der Waals surface area contributed by atoms with Gasteiger partial charge in [0.25, 0.3) is 0 Å². The lowest BCUT2D eigenvalue weighted by Crippen LogP contribution is -2.30. The van der Waals surface area contributed by atoms with Crippen molar-refractivity contribution in [3.63, 3.8) is 0 Å². The van der Waals surface area contributed by atoms with Crippen molar-refractivity contribution in [2.45, 2.75) is 380 Å². The summed E-state index contributed by atoms with van der Waals surface area (Å²) in [6.45, 7) is 6.69. The number of hydrogen-bond acceptors (Lipinski definition) is 6. The van der Waals surface area contributed by atoms with E-state index in [1.165, 1.54) is 270 Å². The molecule has 436 valence electrons. The molecule has 6 heteroatoms. The van der Waals surface area contributed by atoms with Crippen molar-refractivity contribution in [3.8, 4) is 0 Å². The van der Waals surface area contributed by atoms with Crippen LogP contribution in [0.1, 0.15) is 374 Å². The van der Waals surface area contributed by atoms with Crippen molar-refractivity contribution in [1.82, 2.24) is 0 Å². The van der Waals surface area contributed by atoms with Gasteiger partial charge in [0.05, 0.1) is 0 Å². The molecule has 0 saturated carbocycles. The monoisotopic (exact) mass is 1040 g/mol. The molecule has 0 aliphatic heterocycles. The molecule has 0 aliphatic carbocycles. The summed E-state index contributed by atoms with van der Waals surface area (Å²) < 4.78 is 17.0. The average Bonchev–Trinajstić information content (AvgIpc) is 3.40. The highest BCUT2D eigenvalue weighted by atomic mass is 16.6. The van der Waals surface area contributed by atoms with E-state index in [9.17, 15) is 14.4 Å². The maximum Gasteiger partial charge on any atom is 0.306 e. The Balaban J connectivity index is 4.31. The van der Waals surface area contributed by atoms with Crippen LogP contribution in [0.3, 0.4) is 0 Å². The lowest BCUT2D eigenvalue weighted by molar-refractivity contribution is -0.167. The second kappa shape index (κ2) is 63.4.